The highest BCUT2D eigenvalue weighted by Gasteiger charge is 2.16. The van der Waals surface area contributed by atoms with E-state index in [1.54, 1.807) is 6.07 Å². The second-order valence-electron chi connectivity index (χ2n) is 6.37. The Labute approximate surface area is 145 Å². The minimum atomic E-state index is -0.000797. The van der Waals surface area contributed by atoms with Gasteiger partial charge in [-0.25, -0.2) is 9.97 Å². The number of nitrogens with one attached hydrogen (secondary N) is 1. The van der Waals surface area contributed by atoms with Gasteiger partial charge in [0, 0.05) is 25.7 Å². The summed E-state index contributed by atoms with van der Waals surface area (Å²) in [5.74, 6) is 0.733. The van der Waals surface area contributed by atoms with Gasteiger partial charge in [-0.2, -0.15) is 0 Å². The molecule has 5 heteroatoms. The maximum Gasteiger partial charge on any atom is 0.272 e. The van der Waals surface area contributed by atoms with E-state index in [0.717, 1.165) is 44.7 Å². The SMILES string of the molecule is CCCN(CCC)C(=O)c1cc(NCCC2=CCCCC2)ncn1. The fourth-order valence-corrected chi connectivity index (χ4v) is 3.07. The van der Waals surface area contributed by atoms with Crippen molar-refractivity contribution in [1.29, 1.82) is 0 Å². The molecule has 0 aromatic carbocycles. The van der Waals surface area contributed by atoms with Crippen molar-refractivity contribution >= 4 is 11.7 Å². The lowest BCUT2D eigenvalue weighted by atomic mass is 9.97. The first kappa shape index (κ1) is 18.4. The van der Waals surface area contributed by atoms with Crippen molar-refractivity contribution in [3.8, 4) is 0 Å². The van der Waals surface area contributed by atoms with Gasteiger partial charge in [0.05, 0.1) is 0 Å². The molecule has 1 aliphatic carbocycles. The topological polar surface area (TPSA) is 58.1 Å². The number of nitrogens with zero attached hydrogens (tertiary/aromatic N) is 3. The highest BCUT2D eigenvalue weighted by Crippen LogP contribution is 2.20. The van der Waals surface area contributed by atoms with Gasteiger partial charge in [-0.1, -0.05) is 25.5 Å². The fraction of sp³-hybridized carbons (Fsp3) is 0.632. The minimum absolute atomic E-state index is 0.000797. The number of hydrogen-bond acceptors (Lipinski definition) is 4. The van der Waals surface area contributed by atoms with Gasteiger partial charge < -0.3 is 10.2 Å². The Morgan fingerprint density at radius 3 is 2.67 bits per heavy atom. The maximum absolute atomic E-state index is 12.6. The minimum Gasteiger partial charge on any atom is -0.370 e. The summed E-state index contributed by atoms with van der Waals surface area (Å²) in [4.78, 5) is 22.9. The first-order chi connectivity index (χ1) is 11.7. The molecule has 1 aromatic heterocycles. The predicted molar refractivity (Wildman–Crippen MR) is 98.2 cm³/mol. The normalized spacial score (nSPS) is 14.2. The van der Waals surface area contributed by atoms with Crippen molar-refractivity contribution in [3.05, 3.63) is 29.7 Å². The summed E-state index contributed by atoms with van der Waals surface area (Å²) in [5, 5.41) is 3.33. The van der Waals surface area contributed by atoms with Crippen molar-refractivity contribution in [2.24, 2.45) is 0 Å². The van der Waals surface area contributed by atoms with Gasteiger partial charge >= 0.3 is 0 Å². The number of aromatic nitrogens is 2. The largest absolute Gasteiger partial charge is 0.370 e. The van der Waals surface area contributed by atoms with Gasteiger partial charge in [0.15, 0.2) is 0 Å². The molecule has 1 aliphatic rings. The number of anilines is 1. The van der Waals surface area contributed by atoms with Crippen LogP contribution in [0.2, 0.25) is 0 Å². The molecular weight excluding hydrogens is 300 g/mol. The lowest BCUT2D eigenvalue weighted by molar-refractivity contribution is 0.0749. The predicted octanol–water partition coefficient (Wildman–Crippen LogP) is 4.04. The molecule has 1 amide bonds. The number of carbonyl (C=O) groups is 1. The number of carbonyl (C=O) groups excluding carboxylic acids is 1. The summed E-state index contributed by atoms with van der Waals surface area (Å²) in [5.41, 5.74) is 2.02. The molecular formula is C19H30N4O. The zero-order chi connectivity index (χ0) is 17.2. The first-order valence-electron chi connectivity index (χ1n) is 9.27. The maximum atomic E-state index is 12.6. The van der Waals surface area contributed by atoms with Gasteiger partial charge in [0.1, 0.15) is 17.8 Å². The third-order valence-electron chi connectivity index (χ3n) is 4.30. The summed E-state index contributed by atoms with van der Waals surface area (Å²) in [6.07, 6.45) is 11.9. The van der Waals surface area contributed by atoms with Crippen LogP contribution in [0.3, 0.4) is 0 Å². The molecule has 0 spiro atoms. The van der Waals surface area contributed by atoms with E-state index in [0.29, 0.717) is 5.69 Å². The van der Waals surface area contributed by atoms with E-state index in [2.05, 4.69) is 35.2 Å². The molecule has 1 heterocycles. The third-order valence-corrected chi connectivity index (χ3v) is 4.30. The van der Waals surface area contributed by atoms with E-state index in [-0.39, 0.29) is 5.91 Å². The molecule has 0 saturated carbocycles. The molecule has 0 radical (unpaired) electrons. The quantitative estimate of drug-likeness (QED) is 0.694. The third kappa shape index (κ3) is 5.62. The molecule has 1 aromatic rings. The number of amides is 1. The van der Waals surface area contributed by atoms with Crippen LogP contribution in [-0.2, 0) is 0 Å². The van der Waals surface area contributed by atoms with E-state index in [4.69, 9.17) is 0 Å². The van der Waals surface area contributed by atoms with Crippen molar-refractivity contribution in [2.45, 2.75) is 58.8 Å². The number of rotatable bonds is 9. The highest BCUT2D eigenvalue weighted by molar-refractivity contribution is 5.92. The average Bonchev–Trinajstić information content (AvgIpc) is 2.62. The van der Waals surface area contributed by atoms with Crippen LogP contribution in [0.5, 0.6) is 0 Å². The number of hydrogen-bond donors (Lipinski definition) is 1. The van der Waals surface area contributed by atoms with Crippen molar-refractivity contribution in [2.75, 3.05) is 25.0 Å². The van der Waals surface area contributed by atoms with Gasteiger partial charge in [-0.15, -0.1) is 0 Å². The molecule has 0 bridgehead atoms. The Morgan fingerprint density at radius 1 is 1.21 bits per heavy atom. The molecule has 24 heavy (non-hydrogen) atoms. The first-order valence-corrected chi connectivity index (χ1v) is 9.27. The zero-order valence-electron chi connectivity index (χ0n) is 15.1. The van der Waals surface area contributed by atoms with Gasteiger partial charge in [-0.05, 0) is 44.9 Å². The van der Waals surface area contributed by atoms with Crippen LogP contribution in [-0.4, -0.2) is 40.4 Å². The summed E-state index contributed by atoms with van der Waals surface area (Å²) in [7, 11) is 0. The van der Waals surface area contributed by atoms with Crippen LogP contribution in [0, 0.1) is 0 Å². The van der Waals surface area contributed by atoms with Crippen LogP contribution in [0.25, 0.3) is 0 Å². The van der Waals surface area contributed by atoms with Crippen molar-refractivity contribution in [3.63, 3.8) is 0 Å². The molecule has 132 valence electrons. The summed E-state index contributed by atoms with van der Waals surface area (Å²) in [6.45, 7) is 6.57. The van der Waals surface area contributed by atoms with Gasteiger partial charge in [0.25, 0.3) is 5.91 Å². The summed E-state index contributed by atoms with van der Waals surface area (Å²) < 4.78 is 0. The second kappa shape index (κ2) is 10.1. The fourth-order valence-electron chi connectivity index (χ4n) is 3.07. The molecule has 0 saturated heterocycles. The number of allylic oxidation sites excluding steroid dienone is 1. The molecule has 5 nitrogen and oxygen atoms in total. The molecule has 0 aliphatic heterocycles. The molecule has 2 rings (SSSR count). The highest BCUT2D eigenvalue weighted by atomic mass is 16.2. The van der Waals surface area contributed by atoms with Crippen LogP contribution < -0.4 is 5.32 Å². The standard InChI is InChI=1S/C19H30N4O/c1-3-12-23(13-4-2)19(24)17-14-18(22-15-21-17)20-11-10-16-8-6-5-7-9-16/h8,14-15H,3-7,9-13H2,1-2H3,(H,20,21,22). The Bertz CT molecular complexity index is 550. The lowest BCUT2D eigenvalue weighted by Crippen LogP contribution is -2.33. The van der Waals surface area contributed by atoms with E-state index < -0.39 is 0 Å². The smallest absolute Gasteiger partial charge is 0.272 e. The van der Waals surface area contributed by atoms with E-state index in [1.165, 1.54) is 37.6 Å². The Balaban J connectivity index is 1.92. The van der Waals surface area contributed by atoms with Crippen LogP contribution in [0.4, 0.5) is 5.82 Å². The van der Waals surface area contributed by atoms with Crippen molar-refractivity contribution in [1.82, 2.24) is 14.9 Å². The van der Waals surface area contributed by atoms with Crippen LogP contribution >= 0.6 is 0 Å². The Kier molecular flexibility index (Phi) is 7.72. The van der Waals surface area contributed by atoms with E-state index in [1.807, 2.05) is 4.90 Å². The second-order valence-corrected chi connectivity index (χ2v) is 6.37. The lowest BCUT2D eigenvalue weighted by Gasteiger charge is -2.21. The summed E-state index contributed by atoms with van der Waals surface area (Å²) in [6, 6.07) is 1.77. The van der Waals surface area contributed by atoms with Gasteiger partial charge in [0.2, 0.25) is 0 Å². The van der Waals surface area contributed by atoms with Gasteiger partial charge in [-0.3, -0.25) is 4.79 Å². The molecule has 0 fully saturated rings. The van der Waals surface area contributed by atoms with Crippen LogP contribution in [0.1, 0.15) is 69.3 Å². The summed E-state index contributed by atoms with van der Waals surface area (Å²) >= 11 is 0. The molecule has 0 unspecified atom stereocenters. The average molecular weight is 330 g/mol. The van der Waals surface area contributed by atoms with Crippen molar-refractivity contribution < 1.29 is 4.79 Å². The van der Waals surface area contributed by atoms with Crippen LogP contribution in [0.15, 0.2) is 24.0 Å². The molecule has 0 atom stereocenters. The monoisotopic (exact) mass is 330 g/mol. The Morgan fingerprint density at radius 2 is 2.00 bits per heavy atom. The zero-order valence-corrected chi connectivity index (χ0v) is 15.1. The Hall–Kier alpha value is -1.91. The molecule has 1 N–H and O–H groups in total. The van der Waals surface area contributed by atoms with E-state index in [9.17, 15) is 4.79 Å². The van der Waals surface area contributed by atoms with E-state index >= 15 is 0 Å².